The van der Waals surface area contributed by atoms with Gasteiger partial charge in [0.25, 0.3) is 0 Å². The standard InChI is InChI=1S/C17H21N5O2/c1-3-5-12(4-2)8-18-16-15-17(20-10-19-16)22(11-21-15)14-7-6-13(9-23)24-14/h3-5,10-11,13-14,23H,1-2,6-9H2,(H,18,19,20)/b12-5+/t13?,14-/m1/s1. The Kier molecular flexibility index (Phi) is 5.02. The summed E-state index contributed by atoms with van der Waals surface area (Å²) in [5, 5.41) is 12.5. The van der Waals surface area contributed by atoms with Gasteiger partial charge >= 0.3 is 0 Å². The molecule has 0 radical (unpaired) electrons. The van der Waals surface area contributed by atoms with Crippen LogP contribution in [0.1, 0.15) is 19.1 Å². The molecule has 1 saturated heterocycles. The Hall–Kier alpha value is -2.51. The van der Waals surface area contributed by atoms with Gasteiger partial charge < -0.3 is 15.2 Å². The molecule has 2 N–H and O–H groups in total. The number of nitrogens with one attached hydrogen (secondary N) is 1. The molecule has 0 bridgehead atoms. The minimum atomic E-state index is -0.153. The molecule has 0 aromatic carbocycles. The third kappa shape index (κ3) is 3.22. The van der Waals surface area contributed by atoms with Crippen LogP contribution in [0.25, 0.3) is 11.2 Å². The Morgan fingerprint density at radius 1 is 1.38 bits per heavy atom. The normalized spacial score (nSPS) is 21.1. The summed E-state index contributed by atoms with van der Waals surface area (Å²) >= 11 is 0. The summed E-state index contributed by atoms with van der Waals surface area (Å²) in [6.45, 7) is 8.07. The van der Waals surface area contributed by atoms with E-state index in [4.69, 9.17) is 4.74 Å². The first-order chi connectivity index (χ1) is 11.8. The van der Waals surface area contributed by atoms with E-state index >= 15 is 0 Å². The SMILES string of the molecule is C=C/C=C(\C=C)CNc1ncnc2c1ncn2[C@H]1CCC(CO)O1. The van der Waals surface area contributed by atoms with Crippen LogP contribution in [0.3, 0.4) is 0 Å². The van der Waals surface area contributed by atoms with Crippen molar-refractivity contribution in [3.05, 3.63) is 49.6 Å². The van der Waals surface area contributed by atoms with Crippen LogP contribution in [0.4, 0.5) is 5.82 Å². The van der Waals surface area contributed by atoms with Crippen LogP contribution in [-0.2, 0) is 4.74 Å². The number of fused-ring (bicyclic) bond motifs is 1. The smallest absolute Gasteiger partial charge is 0.167 e. The zero-order valence-corrected chi connectivity index (χ0v) is 13.4. The molecule has 1 unspecified atom stereocenters. The lowest BCUT2D eigenvalue weighted by molar-refractivity contribution is -0.0207. The van der Waals surface area contributed by atoms with E-state index < -0.39 is 0 Å². The summed E-state index contributed by atoms with van der Waals surface area (Å²) in [5.74, 6) is 0.660. The van der Waals surface area contributed by atoms with Crippen LogP contribution >= 0.6 is 0 Å². The van der Waals surface area contributed by atoms with Crippen LogP contribution in [0.2, 0.25) is 0 Å². The van der Waals surface area contributed by atoms with Crippen molar-refractivity contribution in [3.8, 4) is 0 Å². The lowest BCUT2D eigenvalue weighted by Gasteiger charge is -2.14. The maximum atomic E-state index is 9.22. The van der Waals surface area contributed by atoms with Gasteiger partial charge in [0.05, 0.1) is 19.0 Å². The van der Waals surface area contributed by atoms with E-state index in [1.807, 2.05) is 10.6 Å². The van der Waals surface area contributed by atoms with Crippen molar-refractivity contribution in [2.75, 3.05) is 18.5 Å². The number of nitrogens with zero attached hydrogens (tertiary/aromatic N) is 4. The predicted molar refractivity (Wildman–Crippen MR) is 92.5 cm³/mol. The quantitative estimate of drug-likeness (QED) is 0.759. The van der Waals surface area contributed by atoms with Gasteiger partial charge in [0.15, 0.2) is 17.0 Å². The van der Waals surface area contributed by atoms with Crippen LogP contribution in [0.15, 0.2) is 49.6 Å². The molecule has 1 aliphatic heterocycles. The van der Waals surface area contributed by atoms with Gasteiger partial charge in [-0.1, -0.05) is 31.4 Å². The van der Waals surface area contributed by atoms with Crippen LogP contribution in [-0.4, -0.2) is 43.9 Å². The van der Waals surface area contributed by atoms with Crippen molar-refractivity contribution < 1.29 is 9.84 Å². The lowest BCUT2D eigenvalue weighted by atomic mass is 10.2. The molecular formula is C17H21N5O2. The van der Waals surface area contributed by atoms with E-state index in [-0.39, 0.29) is 18.9 Å². The van der Waals surface area contributed by atoms with Crippen molar-refractivity contribution in [2.45, 2.75) is 25.2 Å². The number of aliphatic hydroxyl groups is 1. The number of aromatic nitrogens is 4. The molecule has 7 nitrogen and oxygen atoms in total. The second kappa shape index (κ2) is 7.37. The van der Waals surface area contributed by atoms with Gasteiger partial charge in [-0.15, -0.1) is 0 Å². The van der Waals surface area contributed by atoms with Crippen molar-refractivity contribution >= 4 is 17.0 Å². The van der Waals surface area contributed by atoms with E-state index in [1.54, 1.807) is 18.5 Å². The third-order valence-electron chi connectivity index (χ3n) is 4.01. The molecule has 3 rings (SSSR count). The molecule has 0 aliphatic carbocycles. The lowest BCUT2D eigenvalue weighted by Crippen LogP contribution is -2.14. The number of anilines is 1. The monoisotopic (exact) mass is 327 g/mol. The maximum absolute atomic E-state index is 9.22. The number of aliphatic hydroxyl groups excluding tert-OH is 1. The molecular weight excluding hydrogens is 306 g/mol. The van der Waals surface area contributed by atoms with Crippen LogP contribution in [0.5, 0.6) is 0 Å². The van der Waals surface area contributed by atoms with Gasteiger partial charge in [-0.3, -0.25) is 4.57 Å². The molecule has 0 spiro atoms. The molecule has 126 valence electrons. The molecule has 1 aliphatic rings. The van der Waals surface area contributed by atoms with Gasteiger partial charge in [-0.25, -0.2) is 15.0 Å². The van der Waals surface area contributed by atoms with Crippen molar-refractivity contribution in [1.82, 2.24) is 19.5 Å². The number of hydrogen-bond donors (Lipinski definition) is 2. The van der Waals surface area contributed by atoms with Gasteiger partial charge in [-0.2, -0.15) is 0 Å². The third-order valence-corrected chi connectivity index (χ3v) is 4.01. The van der Waals surface area contributed by atoms with E-state index in [9.17, 15) is 5.11 Å². The molecule has 3 heterocycles. The summed E-state index contributed by atoms with van der Waals surface area (Å²) in [6.07, 6.45) is 9.97. The first-order valence-corrected chi connectivity index (χ1v) is 7.88. The Morgan fingerprint density at radius 2 is 2.25 bits per heavy atom. The fourth-order valence-electron chi connectivity index (χ4n) is 2.75. The van der Waals surface area contributed by atoms with Gasteiger partial charge in [0.2, 0.25) is 0 Å². The molecule has 2 aromatic rings. The van der Waals surface area contributed by atoms with E-state index in [1.165, 1.54) is 6.33 Å². The number of imidazole rings is 1. The first-order valence-electron chi connectivity index (χ1n) is 7.88. The number of allylic oxidation sites excluding steroid dienone is 2. The molecule has 1 fully saturated rings. The van der Waals surface area contributed by atoms with Crippen molar-refractivity contribution in [2.24, 2.45) is 0 Å². The highest BCUT2D eigenvalue weighted by Crippen LogP contribution is 2.31. The Bertz CT molecular complexity index is 767. The number of hydrogen-bond acceptors (Lipinski definition) is 6. The fourth-order valence-corrected chi connectivity index (χ4v) is 2.75. The first kappa shape index (κ1) is 16.4. The maximum Gasteiger partial charge on any atom is 0.167 e. The highest BCUT2D eigenvalue weighted by molar-refractivity contribution is 5.82. The molecule has 2 aromatic heterocycles. The van der Waals surface area contributed by atoms with Gasteiger partial charge in [0, 0.05) is 6.54 Å². The zero-order valence-electron chi connectivity index (χ0n) is 13.4. The largest absolute Gasteiger partial charge is 0.394 e. The number of rotatable bonds is 7. The van der Waals surface area contributed by atoms with E-state index in [2.05, 4.69) is 33.4 Å². The fraction of sp³-hybridized carbons (Fsp3) is 0.353. The van der Waals surface area contributed by atoms with E-state index in [0.717, 1.165) is 18.4 Å². The zero-order chi connectivity index (χ0) is 16.9. The van der Waals surface area contributed by atoms with E-state index in [0.29, 0.717) is 23.5 Å². The van der Waals surface area contributed by atoms with Crippen LogP contribution < -0.4 is 5.32 Å². The highest BCUT2D eigenvalue weighted by Gasteiger charge is 2.27. The topological polar surface area (TPSA) is 85.1 Å². The molecule has 7 heteroatoms. The van der Waals surface area contributed by atoms with Gasteiger partial charge in [0.1, 0.15) is 12.6 Å². The summed E-state index contributed by atoms with van der Waals surface area (Å²) in [6, 6.07) is 0. The summed E-state index contributed by atoms with van der Waals surface area (Å²) in [5.41, 5.74) is 2.40. The Balaban J connectivity index is 1.83. The minimum absolute atomic E-state index is 0.0326. The predicted octanol–water partition coefficient (Wildman–Crippen LogP) is 2.21. The van der Waals surface area contributed by atoms with Gasteiger partial charge in [-0.05, 0) is 18.4 Å². The Morgan fingerprint density at radius 3 is 2.96 bits per heavy atom. The summed E-state index contributed by atoms with van der Waals surface area (Å²) < 4.78 is 7.70. The summed E-state index contributed by atoms with van der Waals surface area (Å²) in [7, 11) is 0. The van der Waals surface area contributed by atoms with Crippen LogP contribution in [0, 0.1) is 0 Å². The second-order valence-corrected chi connectivity index (χ2v) is 5.55. The molecule has 2 atom stereocenters. The van der Waals surface area contributed by atoms with Crippen molar-refractivity contribution in [3.63, 3.8) is 0 Å². The average Bonchev–Trinajstić information content (AvgIpc) is 3.24. The second-order valence-electron chi connectivity index (χ2n) is 5.55. The molecule has 0 amide bonds. The number of ether oxygens (including phenoxy) is 1. The Labute approximate surface area is 140 Å². The highest BCUT2D eigenvalue weighted by atomic mass is 16.5. The molecule has 24 heavy (non-hydrogen) atoms. The van der Waals surface area contributed by atoms with Crippen molar-refractivity contribution in [1.29, 1.82) is 0 Å². The molecule has 0 saturated carbocycles. The summed E-state index contributed by atoms with van der Waals surface area (Å²) in [4.78, 5) is 13.0. The minimum Gasteiger partial charge on any atom is -0.394 e. The average molecular weight is 327 g/mol.